The molecule has 2 rings (SSSR count). The Kier molecular flexibility index (Phi) is 8.37. The van der Waals surface area contributed by atoms with Gasteiger partial charge in [-0.3, -0.25) is 4.99 Å². The molecule has 1 fully saturated rings. The van der Waals surface area contributed by atoms with Crippen molar-refractivity contribution in [3.63, 3.8) is 0 Å². The molecule has 0 radical (unpaired) electrons. The molecule has 2 N–H and O–H groups in total. The summed E-state index contributed by atoms with van der Waals surface area (Å²) in [5.41, 5.74) is 2.64. The maximum atomic E-state index is 4.28. The van der Waals surface area contributed by atoms with Crippen molar-refractivity contribution in [2.24, 2.45) is 4.99 Å². The van der Waals surface area contributed by atoms with E-state index in [1.807, 2.05) is 7.05 Å². The third kappa shape index (κ3) is 5.52. The van der Waals surface area contributed by atoms with Crippen LogP contribution in [0.3, 0.4) is 0 Å². The first-order valence-electron chi connectivity index (χ1n) is 6.90. The lowest BCUT2D eigenvalue weighted by molar-refractivity contribution is 0.725. The average Bonchev–Trinajstić information content (AvgIpc) is 2.94. The van der Waals surface area contributed by atoms with Crippen molar-refractivity contribution in [3.8, 4) is 0 Å². The molecule has 112 valence electrons. The van der Waals surface area contributed by atoms with Crippen LogP contribution in [0.4, 0.5) is 0 Å². The van der Waals surface area contributed by atoms with Crippen LogP contribution in [0.25, 0.3) is 0 Å². The fourth-order valence-electron chi connectivity index (χ4n) is 2.22. The number of guanidine groups is 1. The van der Waals surface area contributed by atoms with Gasteiger partial charge in [-0.1, -0.05) is 24.3 Å². The SMILES string of the molecule is CN=C(NCc1ccccc1C)NCC1CCCS1.I. The molecule has 0 aliphatic carbocycles. The van der Waals surface area contributed by atoms with Crippen molar-refractivity contribution >= 4 is 41.7 Å². The van der Waals surface area contributed by atoms with Gasteiger partial charge in [0, 0.05) is 25.4 Å². The second-order valence-electron chi connectivity index (χ2n) is 4.87. The molecule has 0 bridgehead atoms. The van der Waals surface area contributed by atoms with Crippen LogP contribution >= 0.6 is 35.7 Å². The molecule has 3 nitrogen and oxygen atoms in total. The van der Waals surface area contributed by atoms with Crippen LogP contribution in [-0.4, -0.2) is 30.6 Å². The van der Waals surface area contributed by atoms with Gasteiger partial charge in [0.1, 0.15) is 0 Å². The van der Waals surface area contributed by atoms with Crippen molar-refractivity contribution in [1.29, 1.82) is 0 Å². The van der Waals surface area contributed by atoms with E-state index in [1.54, 1.807) is 0 Å². The molecule has 5 heteroatoms. The van der Waals surface area contributed by atoms with Gasteiger partial charge in [0.15, 0.2) is 5.96 Å². The van der Waals surface area contributed by atoms with E-state index in [2.05, 4.69) is 58.6 Å². The van der Waals surface area contributed by atoms with Crippen molar-refractivity contribution in [2.45, 2.75) is 31.6 Å². The van der Waals surface area contributed by atoms with Gasteiger partial charge in [0.2, 0.25) is 0 Å². The number of benzene rings is 1. The van der Waals surface area contributed by atoms with Crippen molar-refractivity contribution in [1.82, 2.24) is 10.6 Å². The molecular formula is C15H24IN3S. The molecule has 0 spiro atoms. The molecule has 1 aromatic rings. The molecule has 1 unspecified atom stereocenters. The summed E-state index contributed by atoms with van der Waals surface area (Å²) in [6, 6.07) is 8.45. The zero-order valence-corrected chi connectivity index (χ0v) is 15.3. The molecule has 1 saturated heterocycles. The van der Waals surface area contributed by atoms with E-state index < -0.39 is 0 Å². The van der Waals surface area contributed by atoms with Gasteiger partial charge < -0.3 is 10.6 Å². The van der Waals surface area contributed by atoms with Gasteiger partial charge in [-0.05, 0) is 36.6 Å². The van der Waals surface area contributed by atoms with Crippen LogP contribution in [-0.2, 0) is 6.54 Å². The smallest absolute Gasteiger partial charge is 0.191 e. The van der Waals surface area contributed by atoms with Crippen molar-refractivity contribution in [2.75, 3.05) is 19.3 Å². The topological polar surface area (TPSA) is 36.4 Å². The third-order valence-corrected chi connectivity index (χ3v) is 4.85. The number of aryl methyl sites for hydroxylation is 1. The third-order valence-electron chi connectivity index (χ3n) is 3.45. The second kappa shape index (κ2) is 9.50. The molecule has 0 saturated carbocycles. The lowest BCUT2D eigenvalue weighted by Gasteiger charge is -2.15. The number of aliphatic imine (C=N–C) groups is 1. The summed E-state index contributed by atoms with van der Waals surface area (Å²) in [7, 11) is 1.83. The Bertz CT molecular complexity index is 431. The fraction of sp³-hybridized carbons (Fsp3) is 0.533. The lowest BCUT2D eigenvalue weighted by atomic mass is 10.1. The summed E-state index contributed by atoms with van der Waals surface area (Å²) in [4.78, 5) is 4.28. The monoisotopic (exact) mass is 405 g/mol. The number of hydrogen-bond acceptors (Lipinski definition) is 2. The van der Waals surface area contributed by atoms with Crippen LogP contribution in [0.1, 0.15) is 24.0 Å². The summed E-state index contributed by atoms with van der Waals surface area (Å²) < 4.78 is 0. The molecule has 0 aromatic heterocycles. The first kappa shape index (κ1) is 17.6. The highest BCUT2D eigenvalue weighted by molar-refractivity contribution is 14.0. The van der Waals surface area contributed by atoms with Gasteiger partial charge in [0.05, 0.1) is 0 Å². The first-order chi connectivity index (χ1) is 9.29. The highest BCUT2D eigenvalue weighted by Crippen LogP contribution is 2.25. The van der Waals surface area contributed by atoms with Gasteiger partial charge in [-0.25, -0.2) is 0 Å². The van der Waals surface area contributed by atoms with Crippen LogP contribution in [0.15, 0.2) is 29.3 Å². The lowest BCUT2D eigenvalue weighted by Crippen LogP contribution is -2.39. The summed E-state index contributed by atoms with van der Waals surface area (Å²) in [6.45, 7) is 3.98. The Morgan fingerprint density at radius 2 is 2.15 bits per heavy atom. The van der Waals surface area contributed by atoms with E-state index >= 15 is 0 Å². The predicted molar refractivity (Wildman–Crippen MR) is 100 cm³/mol. The van der Waals surface area contributed by atoms with Crippen LogP contribution in [0.5, 0.6) is 0 Å². The Labute approximate surface area is 143 Å². The maximum absolute atomic E-state index is 4.28. The molecule has 1 aliphatic rings. The molecule has 1 atom stereocenters. The van der Waals surface area contributed by atoms with E-state index in [9.17, 15) is 0 Å². The summed E-state index contributed by atoms with van der Waals surface area (Å²) in [5.74, 6) is 2.21. The van der Waals surface area contributed by atoms with Crippen LogP contribution in [0.2, 0.25) is 0 Å². The van der Waals surface area contributed by atoms with E-state index in [0.717, 1.165) is 24.3 Å². The van der Waals surface area contributed by atoms with E-state index in [-0.39, 0.29) is 24.0 Å². The van der Waals surface area contributed by atoms with Gasteiger partial charge in [-0.15, -0.1) is 24.0 Å². The molecule has 0 amide bonds. The van der Waals surface area contributed by atoms with Gasteiger partial charge in [-0.2, -0.15) is 11.8 Å². The van der Waals surface area contributed by atoms with Gasteiger partial charge >= 0.3 is 0 Å². The Morgan fingerprint density at radius 1 is 1.35 bits per heavy atom. The standard InChI is InChI=1S/C15H23N3S.HI/c1-12-6-3-4-7-13(12)10-17-15(16-2)18-11-14-8-5-9-19-14;/h3-4,6-7,14H,5,8-11H2,1-2H3,(H2,16,17,18);1H. The van der Waals surface area contributed by atoms with Crippen molar-refractivity contribution in [3.05, 3.63) is 35.4 Å². The molecule has 1 aliphatic heterocycles. The molecule has 1 aromatic carbocycles. The quantitative estimate of drug-likeness (QED) is 0.459. The predicted octanol–water partition coefficient (Wildman–Crippen LogP) is 3.17. The highest BCUT2D eigenvalue weighted by Gasteiger charge is 2.15. The zero-order valence-electron chi connectivity index (χ0n) is 12.2. The Hall–Kier alpha value is -0.430. The number of rotatable bonds is 4. The molecule has 1 heterocycles. The number of halogens is 1. The zero-order chi connectivity index (χ0) is 13.5. The maximum Gasteiger partial charge on any atom is 0.191 e. The summed E-state index contributed by atoms with van der Waals surface area (Å²) in [5, 5.41) is 7.55. The fourth-order valence-corrected chi connectivity index (χ4v) is 3.43. The van der Waals surface area contributed by atoms with E-state index in [0.29, 0.717) is 0 Å². The van der Waals surface area contributed by atoms with E-state index in [4.69, 9.17) is 0 Å². The number of nitrogens with zero attached hydrogens (tertiary/aromatic N) is 1. The highest BCUT2D eigenvalue weighted by atomic mass is 127. The minimum atomic E-state index is 0. The summed E-state index contributed by atoms with van der Waals surface area (Å²) >= 11 is 2.07. The number of thioether (sulfide) groups is 1. The molecular weight excluding hydrogens is 381 g/mol. The Morgan fingerprint density at radius 3 is 2.80 bits per heavy atom. The van der Waals surface area contributed by atoms with Gasteiger partial charge in [0.25, 0.3) is 0 Å². The van der Waals surface area contributed by atoms with Crippen LogP contribution in [0, 0.1) is 6.92 Å². The second-order valence-corrected chi connectivity index (χ2v) is 6.28. The summed E-state index contributed by atoms with van der Waals surface area (Å²) in [6.07, 6.45) is 2.68. The normalized spacial score (nSPS) is 18.5. The first-order valence-corrected chi connectivity index (χ1v) is 7.95. The minimum Gasteiger partial charge on any atom is -0.355 e. The van der Waals surface area contributed by atoms with Crippen LogP contribution < -0.4 is 10.6 Å². The average molecular weight is 405 g/mol. The van der Waals surface area contributed by atoms with Crippen molar-refractivity contribution < 1.29 is 0 Å². The minimum absolute atomic E-state index is 0. The number of nitrogens with one attached hydrogen (secondary N) is 2. The number of hydrogen-bond donors (Lipinski definition) is 2. The molecule has 20 heavy (non-hydrogen) atoms. The Balaban J connectivity index is 0.00000200. The largest absolute Gasteiger partial charge is 0.355 e. The van der Waals surface area contributed by atoms with E-state index in [1.165, 1.54) is 29.7 Å².